The first-order chi connectivity index (χ1) is 12.1. The fourth-order valence-electron chi connectivity index (χ4n) is 4.14. The summed E-state index contributed by atoms with van der Waals surface area (Å²) in [6.07, 6.45) is 2.21. The van der Waals surface area contributed by atoms with Crippen molar-refractivity contribution in [3.05, 3.63) is 29.8 Å². The summed E-state index contributed by atoms with van der Waals surface area (Å²) >= 11 is 0. The number of nitrogens with one attached hydrogen (secondary N) is 2. The Hall–Kier alpha value is -1.63. The van der Waals surface area contributed by atoms with Crippen molar-refractivity contribution >= 4 is 5.91 Å². The molecule has 0 radical (unpaired) electrons. The van der Waals surface area contributed by atoms with Gasteiger partial charge in [0.1, 0.15) is 17.9 Å². The summed E-state index contributed by atoms with van der Waals surface area (Å²) in [4.78, 5) is 17.1. The lowest BCUT2D eigenvalue weighted by Gasteiger charge is -2.41. The molecule has 6 nitrogen and oxygen atoms in total. The second-order valence-electron chi connectivity index (χ2n) is 7.57. The van der Waals surface area contributed by atoms with E-state index in [2.05, 4.69) is 41.9 Å². The van der Waals surface area contributed by atoms with Gasteiger partial charge >= 0.3 is 0 Å². The minimum Gasteiger partial charge on any atom is -0.487 e. The molecular weight excluding hydrogens is 316 g/mol. The monoisotopic (exact) mass is 344 g/mol. The third kappa shape index (κ3) is 3.38. The molecule has 1 aromatic carbocycles. The molecule has 0 spiro atoms. The standard InChI is InChI=1S/C19H28N4O2/c1-3-13-5-4-6-14(9-13)25-15-10-23(11-15)19(24)18-16-12-22(2)8-7-17(16)20-21-18/h4-6,9,15-18,20-21H,3,7-8,10-12H2,1-2H3. The van der Waals surface area contributed by atoms with Crippen LogP contribution in [0.1, 0.15) is 18.9 Å². The minimum absolute atomic E-state index is 0.107. The Morgan fingerprint density at radius 3 is 2.92 bits per heavy atom. The highest BCUT2D eigenvalue weighted by molar-refractivity contribution is 5.83. The summed E-state index contributed by atoms with van der Waals surface area (Å²) in [5.74, 6) is 1.47. The van der Waals surface area contributed by atoms with E-state index >= 15 is 0 Å². The van der Waals surface area contributed by atoms with Crippen LogP contribution in [0.2, 0.25) is 0 Å². The van der Waals surface area contributed by atoms with E-state index in [9.17, 15) is 4.79 Å². The molecule has 3 heterocycles. The van der Waals surface area contributed by atoms with Crippen LogP contribution >= 0.6 is 0 Å². The number of aryl methyl sites for hydroxylation is 1. The average Bonchev–Trinajstić information content (AvgIpc) is 3.00. The number of hydrogen-bond acceptors (Lipinski definition) is 5. The number of likely N-dealkylation sites (tertiary alicyclic amines) is 2. The minimum atomic E-state index is -0.114. The van der Waals surface area contributed by atoms with Gasteiger partial charge in [0.2, 0.25) is 5.91 Å². The van der Waals surface area contributed by atoms with Crippen molar-refractivity contribution in [1.82, 2.24) is 20.7 Å². The number of ether oxygens (including phenoxy) is 1. The number of hydrogen-bond donors (Lipinski definition) is 2. The molecule has 1 aromatic rings. The molecule has 3 unspecified atom stereocenters. The third-order valence-corrected chi connectivity index (χ3v) is 5.75. The van der Waals surface area contributed by atoms with Crippen LogP contribution in [0.25, 0.3) is 0 Å². The Morgan fingerprint density at radius 2 is 2.12 bits per heavy atom. The molecule has 3 aliphatic heterocycles. The zero-order valence-corrected chi connectivity index (χ0v) is 15.1. The first-order valence-corrected chi connectivity index (χ1v) is 9.38. The van der Waals surface area contributed by atoms with Crippen LogP contribution in [0.4, 0.5) is 0 Å². The Morgan fingerprint density at radius 1 is 1.28 bits per heavy atom. The quantitative estimate of drug-likeness (QED) is 0.839. The van der Waals surface area contributed by atoms with E-state index in [1.54, 1.807) is 0 Å². The number of rotatable bonds is 4. The van der Waals surface area contributed by atoms with Crippen LogP contribution in [0.3, 0.4) is 0 Å². The highest BCUT2D eigenvalue weighted by atomic mass is 16.5. The van der Waals surface area contributed by atoms with Gasteiger partial charge < -0.3 is 14.5 Å². The fraction of sp³-hybridized carbons (Fsp3) is 0.632. The topological polar surface area (TPSA) is 56.8 Å². The van der Waals surface area contributed by atoms with Gasteiger partial charge in [0.05, 0.1) is 13.1 Å². The van der Waals surface area contributed by atoms with Gasteiger partial charge in [-0.1, -0.05) is 19.1 Å². The maximum atomic E-state index is 12.8. The lowest BCUT2D eigenvalue weighted by molar-refractivity contribution is -0.143. The second-order valence-corrected chi connectivity index (χ2v) is 7.57. The van der Waals surface area contributed by atoms with Gasteiger partial charge in [-0.05, 0) is 44.1 Å². The van der Waals surface area contributed by atoms with Gasteiger partial charge in [-0.15, -0.1) is 0 Å². The van der Waals surface area contributed by atoms with E-state index in [0.717, 1.165) is 31.7 Å². The summed E-state index contributed by atoms with van der Waals surface area (Å²) in [5.41, 5.74) is 7.84. The number of piperidine rings is 1. The summed E-state index contributed by atoms with van der Waals surface area (Å²) in [5, 5.41) is 0. The summed E-state index contributed by atoms with van der Waals surface area (Å²) in [6.45, 7) is 5.56. The first-order valence-electron chi connectivity index (χ1n) is 9.38. The van der Waals surface area contributed by atoms with Crippen molar-refractivity contribution < 1.29 is 9.53 Å². The molecule has 2 N–H and O–H groups in total. The van der Waals surface area contributed by atoms with Crippen molar-refractivity contribution in [2.45, 2.75) is 38.0 Å². The van der Waals surface area contributed by atoms with Crippen LogP contribution in [-0.4, -0.2) is 67.1 Å². The van der Waals surface area contributed by atoms with Gasteiger partial charge in [-0.3, -0.25) is 10.2 Å². The van der Waals surface area contributed by atoms with E-state index in [0.29, 0.717) is 25.0 Å². The molecule has 25 heavy (non-hydrogen) atoms. The molecule has 3 fully saturated rings. The predicted molar refractivity (Wildman–Crippen MR) is 96.3 cm³/mol. The summed E-state index contributed by atoms with van der Waals surface area (Å²) in [7, 11) is 2.13. The van der Waals surface area contributed by atoms with Gasteiger partial charge in [0.15, 0.2) is 0 Å². The van der Waals surface area contributed by atoms with Crippen molar-refractivity contribution in [2.75, 3.05) is 33.2 Å². The number of hydrazine groups is 1. The average molecular weight is 344 g/mol. The van der Waals surface area contributed by atoms with E-state index in [1.165, 1.54) is 5.56 Å². The molecule has 0 aliphatic carbocycles. The Kier molecular flexibility index (Phi) is 4.67. The highest BCUT2D eigenvalue weighted by Gasteiger charge is 2.46. The van der Waals surface area contributed by atoms with Gasteiger partial charge in [0.25, 0.3) is 0 Å². The fourth-order valence-corrected chi connectivity index (χ4v) is 4.14. The molecule has 1 amide bonds. The van der Waals surface area contributed by atoms with Gasteiger partial charge in [-0.2, -0.15) is 0 Å². The highest BCUT2D eigenvalue weighted by Crippen LogP contribution is 2.27. The van der Waals surface area contributed by atoms with Crippen molar-refractivity contribution in [3.63, 3.8) is 0 Å². The molecule has 3 aliphatic rings. The van der Waals surface area contributed by atoms with E-state index in [-0.39, 0.29) is 18.1 Å². The maximum absolute atomic E-state index is 12.8. The molecule has 3 saturated heterocycles. The van der Waals surface area contributed by atoms with Gasteiger partial charge in [-0.25, -0.2) is 5.43 Å². The normalized spacial score (nSPS) is 30.0. The van der Waals surface area contributed by atoms with Crippen molar-refractivity contribution in [1.29, 1.82) is 0 Å². The Labute approximate surface area is 149 Å². The molecule has 0 saturated carbocycles. The van der Waals surface area contributed by atoms with Gasteiger partial charge in [0, 0.05) is 18.5 Å². The van der Waals surface area contributed by atoms with Crippen LogP contribution in [0.15, 0.2) is 24.3 Å². The Balaban J connectivity index is 1.30. The zero-order valence-electron chi connectivity index (χ0n) is 15.1. The lowest BCUT2D eigenvalue weighted by atomic mass is 9.87. The van der Waals surface area contributed by atoms with Crippen LogP contribution < -0.4 is 15.6 Å². The second kappa shape index (κ2) is 6.94. The number of carbonyl (C=O) groups excluding carboxylic acids is 1. The van der Waals surface area contributed by atoms with Crippen molar-refractivity contribution in [2.24, 2.45) is 5.92 Å². The third-order valence-electron chi connectivity index (χ3n) is 5.75. The lowest BCUT2D eigenvalue weighted by Crippen LogP contribution is -2.61. The summed E-state index contributed by atoms with van der Waals surface area (Å²) < 4.78 is 6.02. The van der Waals surface area contributed by atoms with Crippen LogP contribution in [0, 0.1) is 5.92 Å². The molecule has 0 bridgehead atoms. The van der Waals surface area contributed by atoms with Crippen LogP contribution in [0.5, 0.6) is 5.75 Å². The largest absolute Gasteiger partial charge is 0.487 e. The number of carbonyl (C=O) groups is 1. The molecule has 6 heteroatoms. The maximum Gasteiger partial charge on any atom is 0.241 e. The van der Waals surface area contributed by atoms with E-state index in [4.69, 9.17) is 4.74 Å². The molecular formula is C19H28N4O2. The SMILES string of the molecule is CCc1cccc(OC2CN(C(=O)C3NNC4CCN(C)CC43)C2)c1. The van der Waals surface area contributed by atoms with Crippen molar-refractivity contribution in [3.8, 4) is 5.75 Å². The van der Waals surface area contributed by atoms with E-state index in [1.807, 2.05) is 17.0 Å². The molecule has 0 aromatic heterocycles. The molecule has 3 atom stereocenters. The number of fused-ring (bicyclic) bond motifs is 1. The summed E-state index contributed by atoms with van der Waals surface area (Å²) in [6, 6.07) is 8.53. The molecule has 4 rings (SSSR count). The number of nitrogens with zero attached hydrogens (tertiary/aromatic N) is 2. The van der Waals surface area contributed by atoms with Crippen LogP contribution in [-0.2, 0) is 11.2 Å². The van der Waals surface area contributed by atoms with E-state index < -0.39 is 0 Å². The predicted octanol–water partition coefficient (Wildman–Crippen LogP) is 0.635. The number of benzene rings is 1. The smallest absolute Gasteiger partial charge is 0.241 e. The molecule has 136 valence electrons. The Bertz CT molecular complexity index is 632. The first kappa shape index (κ1) is 16.8. The number of amides is 1. The zero-order chi connectivity index (χ0) is 17.4.